The van der Waals surface area contributed by atoms with Gasteiger partial charge in [0.2, 0.25) is 0 Å². The molecule has 0 unspecified atom stereocenters. The molecule has 2 heterocycles. The van der Waals surface area contributed by atoms with Crippen LogP contribution in [0.3, 0.4) is 0 Å². The van der Waals surface area contributed by atoms with E-state index in [4.69, 9.17) is 0 Å². The summed E-state index contributed by atoms with van der Waals surface area (Å²) >= 11 is 0. The number of hydrogen-bond donors (Lipinski definition) is 2. The van der Waals surface area contributed by atoms with Gasteiger partial charge in [-0.15, -0.1) is 0 Å². The van der Waals surface area contributed by atoms with Crippen molar-refractivity contribution in [3.8, 4) is 0 Å². The van der Waals surface area contributed by atoms with E-state index in [0.717, 1.165) is 18.5 Å². The summed E-state index contributed by atoms with van der Waals surface area (Å²) in [6, 6.07) is 1.72. The van der Waals surface area contributed by atoms with Crippen molar-refractivity contribution in [2.45, 2.75) is 32.2 Å². The molecular formula is C17H23N5O3. The Hall–Kier alpha value is -2.48. The van der Waals surface area contributed by atoms with Crippen LogP contribution in [0.15, 0.2) is 15.7 Å². The number of pyridine rings is 1. The van der Waals surface area contributed by atoms with Gasteiger partial charge < -0.3 is 10.2 Å². The third-order valence-corrected chi connectivity index (χ3v) is 4.55. The summed E-state index contributed by atoms with van der Waals surface area (Å²) in [6.45, 7) is 3.35. The first-order chi connectivity index (χ1) is 12.0. The highest BCUT2D eigenvalue weighted by Crippen LogP contribution is 2.40. The van der Waals surface area contributed by atoms with Gasteiger partial charge in [-0.2, -0.15) is 0 Å². The number of fused-ring (bicyclic) bond motifs is 1. The highest BCUT2D eigenvalue weighted by atomic mass is 16.2. The van der Waals surface area contributed by atoms with Gasteiger partial charge in [0.1, 0.15) is 0 Å². The first kappa shape index (κ1) is 17.3. The van der Waals surface area contributed by atoms with Crippen LogP contribution in [-0.2, 0) is 6.54 Å². The number of likely N-dealkylation sites (N-methyl/N-ethyl adjacent to an activating group) is 2. The minimum atomic E-state index is -0.565. The standard InChI is InChI=1S/C17H23N5O3/c1-4-22-14-13(15(23)20-17(22)25)11(9-12(19-14)10-5-6-10)16(24)21(3)8-7-18-2/h9-10,18H,4-8H2,1-3H3,(H,20,23,25). The minimum absolute atomic E-state index is 0.187. The van der Waals surface area contributed by atoms with Crippen LogP contribution in [0.2, 0.25) is 0 Å². The first-order valence-corrected chi connectivity index (χ1v) is 8.55. The van der Waals surface area contributed by atoms with Crippen molar-refractivity contribution in [3.05, 3.63) is 38.2 Å². The number of hydrogen-bond acceptors (Lipinski definition) is 5. The summed E-state index contributed by atoms with van der Waals surface area (Å²) in [4.78, 5) is 45.9. The lowest BCUT2D eigenvalue weighted by molar-refractivity contribution is 0.0798. The predicted octanol–water partition coefficient (Wildman–Crippen LogP) is 0.274. The van der Waals surface area contributed by atoms with Crippen molar-refractivity contribution in [1.82, 2.24) is 24.8 Å². The number of carbonyl (C=O) groups is 1. The summed E-state index contributed by atoms with van der Waals surface area (Å²) in [5, 5.41) is 3.19. The molecule has 1 amide bonds. The number of aryl methyl sites for hydroxylation is 1. The van der Waals surface area contributed by atoms with Gasteiger partial charge in [0.15, 0.2) is 5.65 Å². The van der Waals surface area contributed by atoms with Gasteiger partial charge in [0.25, 0.3) is 11.5 Å². The Morgan fingerprint density at radius 1 is 1.44 bits per heavy atom. The van der Waals surface area contributed by atoms with Crippen LogP contribution in [-0.4, -0.2) is 52.5 Å². The molecule has 134 valence electrons. The lowest BCUT2D eigenvalue weighted by atomic mass is 10.1. The quantitative estimate of drug-likeness (QED) is 0.783. The van der Waals surface area contributed by atoms with E-state index in [1.54, 1.807) is 18.0 Å². The molecule has 8 nitrogen and oxygen atoms in total. The van der Waals surface area contributed by atoms with E-state index in [1.165, 1.54) is 4.57 Å². The normalized spacial score (nSPS) is 14.0. The van der Waals surface area contributed by atoms with E-state index in [0.29, 0.717) is 36.8 Å². The van der Waals surface area contributed by atoms with E-state index in [-0.39, 0.29) is 11.3 Å². The molecule has 1 aliphatic rings. The zero-order valence-electron chi connectivity index (χ0n) is 14.8. The summed E-state index contributed by atoms with van der Waals surface area (Å²) < 4.78 is 1.41. The predicted molar refractivity (Wildman–Crippen MR) is 95.2 cm³/mol. The second kappa shape index (κ2) is 6.79. The fourth-order valence-corrected chi connectivity index (χ4v) is 2.93. The zero-order valence-corrected chi connectivity index (χ0v) is 14.8. The molecule has 1 saturated carbocycles. The van der Waals surface area contributed by atoms with Gasteiger partial charge in [-0.1, -0.05) is 0 Å². The molecule has 3 rings (SSSR count). The summed E-state index contributed by atoms with van der Waals surface area (Å²) in [6.07, 6.45) is 2.03. The molecule has 0 atom stereocenters. The number of carbonyl (C=O) groups excluding carboxylic acids is 1. The van der Waals surface area contributed by atoms with Crippen LogP contribution in [0.1, 0.15) is 41.7 Å². The van der Waals surface area contributed by atoms with E-state index >= 15 is 0 Å². The number of aromatic nitrogens is 3. The summed E-state index contributed by atoms with van der Waals surface area (Å²) in [5.41, 5.74) is 0.331. The molecule has 0 spiro atoms. The van der Waals surface area contributed by atoms with Gasteiger partial charge in [0, 0.05) is 38.3 Å². The van der Waals surface area contributed by atoms with E-state index in [2.05, 4.69) is 15.3 Å². The highest BCUT2D eigenvalue weighted by Gasteiger charge is 2.29. The summed E-state index contributed by atoms with van der Waals surface area (Å²) in [7, 11) is 3.52. The maximum absolute atomic E-state index is 12.9. The second-order valence-corrected chi connectivity index (χ2v) is 6.40. The van der Waals surface area contributed by atoms with Crippen molar-refractivity contribution >= 4 is 16.9 Å². The molecule has 0 radical (unpaired) electrons. The largest absolute Gasteiger partial charge is 0.340 e. The Morgan fingerprint density at radius 2 is 2.16 bits per heavy atom. The molecule has 2 aromatic heterocycles. The SMILES string of the molecule is CCn1c(=O)[nH]c(=O)c2c(C(=O)N(C)CCNC)cc(C3CC3)nc21. The number of aromatic amines is 1. The van der Waals surface area contributed by atoms with Gasteiger partial charge in [-0.25, -0.2) is 9.78 Å². The number of nitrogens with one attached hydrogen (secondary N) is 2. The average molecular weight is 345 g/mol. The van der Waals surface area contributed by atoms with Crippen LogP contribution >= 0.6 is 0 Å². The van der Waals surface area contributed by atoms with Gasteiger partial charge in [-0.05, 0) is 32.9 Å². The Labute approximate surface area is 144 Å². The zero-order chi connectivity index (χ0) is 18.1. The number of amides is 1. The molecule has 8 heteroatoms. The fourth-order valence-electron chi connectivity index (χ4n) is 2.93. The Balaban J connectivity index is 2.24. The molecular weight excluding hydrogens is 322 g/mol. The Bertz CT molecular complexity index is 926. The third-order valence-electron chi connectivity index (χ3n) is 4.55. The van der Waals surface area contributed by atoms with Gasteiger partial charge in [0.05, 0.1) is 10.9 Å². The van der Waals surface area contributed by atoms with Crippen molar-refractivity contribution in [2.24, 2.45) is 0 Å². The van der Waals surface area contributed by atoms with Crippen LogP contribution in [0.25, 0.3) is 11.0 Å². The van der Waals surface area contributed by atoms with Crippen LogP contribution in [0.4, 0.5) is 0 Å². The highest BCUT2D eigenvalue weighted by molar-refractivity contribution is 6.05. The van der Waals surface area contributed by atoms with Crippen LogP contribution in [0.5, 0.6) is 0 Å². The molecule has 0 aliphatic heterocycles. The molecule has 0 aromatic carbocycles. The molecule has 2 aromatic rings. The van der Waals surface area contributed by atoms with Crippen molar-refractivity contribution in [3.63, 3.8) is 0 Å². The molecule has 0 saturated heterocycles. The molecule has 1 fully saturated rings. The van der Waals surface area contributed by atoms with E-state index in [1.807, 2.05) is 14.0 Å². The smallest absolute Gasteiger partial charge is 0.329 e. The Morgan fingerprint density at radius 3 is 2.76 bits per heavy atom. The second-order valence-electron chi connectivity index (χ2n) is 6.40. The number of nitrogens with zero attached hydrogens (tertiary/aromatic N) is 3. The lowest BCUT2D eigenvalue weighted by Crippen LogP contribution is -2.35. The minimum Gasteiger partial charge on any atom is -0.340 e. The van der Waals surface area contributed by atoms with Gasteiger partial charge >= 0.3 is 5.69 Å². The van der Waals surface area contributed by atoms with Crippen molar-refractivity contribution in [1.29, 1.82) is 0 Å². The van der Waals surface area contributed by atoms with Crippen molar-refractivity contribution in [2.75, 3.05) is 27.2 Å². The number of H-pyrrole nitrogens is 1. The van der Waals surface area contributed by atoms with E-state index < -0.39 is 11.2 Å². The monoisotopic (exact) mass is 345 g/mol. The van der Waals surface area contributed by atoms with Gasteiger partial charge in [-0.3, -0.25) is 19.1 Å². The van der Waals surface area contributed by atoms with Crippen LogP contribution in [0, 0.1) is 0 Å². The maximum atomic E-state index is 12.9. The third kappa shape index (κ3) is 3.21. The fraction of sp³-hybridized carbons (Fsp3) is 0.529. The first-order valence-electron chi connectivity index (χ1n) is 8.55. The number of rotatable bonds is 6. The van der Waals surface area contributed by atoms with Crippen molar-refractivity contribution < 1.29 is 4.79 Å². The molecule has 25 heavy (non-hydrogen) atoms. The molecule has 2 N–H and O–H groups in total. The Kier molecular flexibility index (Phi) is 4.71. The molecule has 1 aliphatic carbocycles. The molecule has 0 bridgehead atoms. The summed E-state index contributed by atoms with van der Waals surface area (Å²) in [5.74, 6) is 0.0645. The average Bonchev–Trinajstić information content (AvgIpc) is 3.43. The maximum Gasteiger partial charge on any atom is 0.329 e. The topological polar surface area (TPSA) is 100 Å². The lowest BCUT2D eigenvalue weighted by Gasteiger charge is -2.19. The van der Waals surface area contributed by atoms with Crippen LogP contribution < -0.4 is 16.6 Å². The van der Waals surface area contributed by atoms with E-state index in [9.17, 15) is 14.4 Å².